The Balaban J connectivity index is 2.01. The predicted molar refractivity (Wildman–Crippen MR) is 78.6 cm³/mol. The molecule has 2 N–H and O–H groups in total. The van der Waals surface area contributed by atoms with Crippen LogP contribution in [-0.2, 0) is 12.8 Å². The van der Waals surface area contributed by atoms with Crippen molar-refractivity contribution in [2.24, 2.45) is 23.5 Å². The van der Waals surface area contributed by atoms with Crippen molar-refractivity contribution in [1.29, 1.82) is 0 Å². The molecule has 0 bridgehead atoms. The first kappa shape index (κ1) is 13.6. The van der Waals surface area contributed by atoms with Crippen molar-refractivity contribution in [2.45, 2.75) is 46.0 Å². The quantitative estimate of drug-likeness (QED) is 0.858. The van der Waals surface area contributed by atoms with Crippen LogP contribution in [0.3, 0.4) is 0 Å². The highest BCUT2D eigenvalue weighted by Crippen LogP contribution is 2.35. The number of aryl methyl sites for hydroxylation is 1. The molecule has 1 aromatic rings. The van der Waals surface area contributed by atoms with E-state index in [9.17, 15) is 0 Å². The van der Waals surface area contributed by atoms with Gasteiger partial charge in [0.1, 0.15) is 0 Å². The summed E-state index contributed by atoms with van der Waals surface area (Å²) in [6, 6.07) is 9.18. The molecule has 0 amide bonds. The fraction of sp³-hybridized carbons (Fsp3) is 0.647. The zero-order valence-electron chi connectivity index (χ0n) is 11.9. The topological polar surface area (TPSA) is 26.0 Å². The Labute approximate surface area is 112 Å². The van der Waals surface area contributed by atoms with E-state index in [-0.39, 0.29) is 0 Å². The maximum absolute atomic E-state index is 5.94. The molecule has 1 heteroatoms. The summed E-state index contributed by atoms with van der Waals surface area (Å²) in [6.45, 7) is 5.46. The molecule has 100 valence electrons. The average molecular weight is 245 g/mol. The van der Waals surface area contributed by atoms with E-state index < -0.39 is 0 Å². The van der Waals surface area contributed by atoms with Crippen LogP contribution < -0.4 is 5.73 Å². The molecule has 0 aliphatic heterocycles. The first-order valence-electron chi connectivity index (χ1n) is 7.50. The second kappa shape index (κ2) is 6.38. The van der Waals surface area contributed by atoms with Crippen LogP contribution in [0.1, 0.15) is 44.2 Å². The third-order valence-corrected chi connectivity index (χ3v) is 4.63. The highest BCUT2D eigenvalue weighted by Gasteiger charge is 2.27. The maximum atomic E-state index is 5.94. The second-order valence-corrected chi connectivity index (χ2v) is 6.05. The van der Waals surface area contributed by atoms with Gasteiger partial charge in [-0.2, -0.15) is 0 Å². The molecule has 0 aromatic heterocycles. The van der Waals surface area contributed by atoms with Gasteiger partial charge in [-0.15, -0.1) is 0 Å². The fourth-order valence-corrected chi connectivity index (χ4v) is 3.34. The minimum atomic E-state index is 0.743. The second-order valence-electron chi connectivity index (χ2n) is 6.05. The molecule has 18 heavy (non-hydrogen) atoms. The Bertz CT molecular complexity index is 354. The Morgan fingerprint density at radius 1 is 1.06 bits per heavy atom. The van der Waals surface area contributed by atoms with Crippen molar-refractivity contribution in [3.05, 3.63) is 35.4 Å². The van der Waals surface area contributed by atoms with E-state index in [1.54, 1.807) is 0 Å². The summed E-state index contributed by atoms with van der Waals surface area (Å²) in [5, 5.41) is 0. The molecule has 0 saturated heterocycles. The normalized spacial score (nSPS) is 28.3. The molecule has 1 aromatic carbocycles. The molecule has 0 heterocycles. The van der Waals surface area contributed by atoms with Crippen LogP contribution in [-0.4, -0.2) is 6.54 Å². The Morgan fingerprint density at radius 3 is 2.33 bits per heavy atom. The predicted octanol–water partition coefficient (Wildman–Crippen LogP) is 3.80. The molecule has 3 atom stereocenters. The lowest BCUT2D eigenvalue weighted by atomic mass is 9.72. The van der Waals surface area contributed by atoms with Crippen molar-refractivity contribution in [1.82, 2.24) is 0 Å². The summed E-state index contributed by atoms with van der Waals surface area (Å²) in [4.78, 5) is 0. The van der Waals surface area contributed by atoms with Gasteiger partial charge in [0.05, 0.1) is 0 Å². The first-order chi connectivity index (χ1) is 8.72. The van der Waals surface area contributed by atoms with E-state index in [0.29, 0.717) is 0 Å². The Morgan fingerprint density at radius 2 is 1.72 bits per heavy atom. The Kier molecular flexibility index (Phi) is 4.82. The van der Waals surface area contributed by atoms with Gasteiger partial charge in [-0.05, 0) is 61.1 Å². The van der Waals surface area contributed by atoms with Crippen molar-refractivity contribution < 1.29 is 0 Å². The van der Waals surface area contributed by atoms with E-state index in [1.165, 1.54) is 36.8 Å². The largest absolute Gasteiger partial charge is 0.330 e. The molecule has 1 saturated carbocycles. The zero-order chi connectivity index (χ0) is 13.0. The van der Waals surface area contributed by atoms with E-state index in [1.807, 2.05) is 0 Å². The summed E-state index contributed by atoms with van der Waals surface area (Å²) in [6.07, 6.45) is 6.41. The maximum Gasteiger partial charge on any atom is -0.00461 e. The number of benzene rings is 1. The van der Waals surface area contributed by atoms with Crippen LogP contribution in [0.25, 0.3) is 0 Å². The molecule has 1 nitrogen and oxygen atoms in total. The van der Waals surface area contributed by atoms with Gasteiger partial charge in [-0.1, -0.05) is 44.5 Å². The van der Waals surface area contributed by atoms with Crippen molar-refractivity contribution in [3.8, 4) is 0 Å². The molecule has 0 spiro atoms. The number of hydrogen-bond donors (Lipinski definition) is 1. The molecule has 0 radical (unpaired) electrons. The molecule has 2 rings (SSSR count). The summed E-state index contributed by atoms with van der Waals surface area (Å²) < 4.78 is 0. The standard InChI is InChI=1S/C17H27N/c1-3-14-5-7-15(8-6-14)11-17-10-13(2)4-9-16(17)12-18/h5-8,13,16-17H,3-4,9-12,18H2,1-2H3. The van der Waals surface area contributed by atoms with Gasteiger partial charge in [0.2, 0.25) is 0 Å². The molecule has 1 aliphatic rings. The van der Waals surface area contributed by atoms with Crippen molar-refractivity contribution in [3.63, 3.8) is 0 Å². The summed E-state index contributed by atoms with van der Waals surface area (Å²) in [5.74, 6) is 2.42. The van der Waals surface area contributed by atoms with Crippen LogP contribution >= 0.6 is 0 Å². The van der Waals surface area contributed by atoms with E-state index in [4.69, 9.17) is 5.73 Å². The highest BCUT2D eigenvalue weighted by atomic mass is 14.6. The van der Waals surface area contributed by atoms with Crippen molar-refractivity contribution >= 4 is 0 Å². The summed E-state index contributed by atoms with van der Waals surface area (Å²) >= 11 is 0. The molecular formula is C17H27N. The van der Waals surface area contributed by atoms with Crippen LogP contribution in [0.15, 0.2) is 24.3 Å². The lowest BCUT2D eigenvalue weighted by Gasteiger charge is -2.34. The third kappa shape index (κ3) is 3.35. The monoisotopic (exact) mass is 245 g/mol. The van der Waals surface area contributed by atoms with E-state index in [0.717, 1.165) is 30.7 Å². The van der Waals surface area contributed by atoms with Gasteiger partial charge in [-0.3, -0.25) is 0 Å². The van der Waals surface area contributed by atoms with Crippen LogP contribution in [0, 0.1) is 17.8 Å². The highest BCUT2D eigenvalue weighted by molar-refractivity contribution is 5.23. The van der Waals surface area contributed by atoms with Gasteiger partial charge in [0.15, 0.2) is 0 Å². The van der Waals surface area contributed by atoms with Gasteiger partial charge >= 0.3 is 0 Å². The molecule has 1 aliphatic carbocycles. The van der Waals surface area contributed by atoms with Crippen LogP contribution in [0.4, 0.5) is 0 Å². The molecular weight excluding hydrogens is 218 g/mol. The van der Waals surface area contributed by atoms with Crippen LogP contribution in [0.5, 0.6) is 0 Å². The fourth-order valence-electron chi connectivity index (χ4n) is 3.34. The van der Waals surface area contributed by atoms with E-state index >= 15 is 0 Å². The minimum Gasteiger partial charge on any atom is -0.330 e. The molecule has 1 fully saturated rings. The minimum absolute atomic E-state index is 0.743. The summed E-state index contributed by atoms with van der Waals surface area (Å²) in [5.41, 5.74) is 8.87. The molecule has 3 unspecified atom stereocenters. The zero-order valence-corrected chi connectivity index (χ0v) is 11.9. The average Bonchev–Trinajstić information content (AvgIpc) is 2.40. The SMILES string of the molecule is CCc1ccc(CC2CC(C)CCC2CN)cc1. The van der Waals surface area contributed by atoms with Crippen LogP contribution in [0.2, 0.25) is 0 Å². The van der Waals surface area contributed by atoms with Gasteiger partial charge < -0.3 is 5.73 Å². The third-order valence-electron chi connectivity index (χ3n) is 4.63. The van der Waals surface area contributed by atoms with Crippen molar-refractivity contribution in [2.75, 3.05) is 6.54 Å². The van der Waals surface area contributed by atoms with E-state index in [2.05, 4.69) is 38.1 Å². The number of nitrogens with two attached hydrogens (primary N) is 1. The number of rotatable bonds is 4. The van der Waals surface area contributed by atoms with Gasteiger partial charge in [-0.25, -0.2) is 0 Å². The first-order valence-corrected chi connectivity index (χ1v) is 7.50. The lowest BCUT2D eigenvalue weighted by molar-refractivity contribution is 0.193. The lowest BCUT2D eigenvalue weighted by Crippen LogP contribution is -2.31. The Hall–Kier alpha value is -0.820. The smallest absolute Gasteiger partial charge is 0.00461 e. The van der Waals surface area contributed by atoms with Gasteiger partial charge in [0.25, 0.3) is 0 Å². The number of hydrogen-bond acceptors (Lipinski definition) is 1. The summed E-state index contributed by atoms with van der Waals surface area (Å²) in [7, 11) is 0. The van der Waals surface area contributed by atoms with Gasteiger partial charge in [0, 0.05) is 0 Å².